The van der Waals surface area contributed by atoms with E-state index in [1.165, 1.54) is 12.1 Å². The van der Waals surface area contributed by atoms with Gasteiger partial charge < -0.3 is 14.7 Å². The second-order valence-electron chi connectivity index (χ2n) is 8.42. The van der Waals surface area contributed by atoms with Crippen molar-refractivity contribution in [3.05, 3.63) is 65.5 Å². The number of hydrogen-bond acceptors (Lipinski definition) is 3. The predicted molar refractivity (Wildman–Crippen MR) is 119 cm³/mol. The molecule has 6 nitrogen and oxygen atoms in total. The molecule has 0 N–H and O–H groups in total. The third-order valence-electron chi connectivity index (χ3n) is 5.65. The summed E-state index contributed by atoms with van der Waals surface area (Å²) in [4.78, 5) is 35.8. The lowest BCUT2D eigenvalue weighted by atomic mass is 9.96. The lowest BCUT2D eigenvalue weighted by Crippen LogP contribution is -2.49. The maximum absolute atomic E-state index is 13.2. The summed E-state index contributed by atoms with van der Waals surface area (Å²) in [6.45, 7) is 7.51. The first-order chi connectivity index (χ1) is 14.9. The molecular formula is C24H27FN4O2. The summed E-state index contributed by atoms with van der Waals surface area (Å²) in [6.07, 6.45) is 0. The van der Waals surface area contributed by atoms with Crippen LogP contribution in [0, 0.1) is 11.7 Å². The van der Waals surface area contributed by atoms with Crippen LogP contribution in [0.3, 0.4) is 0 Å². The average Bonchev–Trinajstić information content (AvgIpc) is 2.77. The standard InChI is InChI=1S/C24H27FN4O2/c1-17(2)15-29-16-22(20-5-3-4-6-21(20)23(29)30)26-24(31)28-13-11-27(12-14-28)19-9-7-18(25)8-10-19/h3-10,17H,11-16H2,1-2H3. The van der Waals surface area contributed by atoms with Crippen molar-refractivity contribution in [1.82, 2.24) is 9.80 Å². The highest BCUT2D eigenvalue weighted by atomic mass is 19.1. The van der Waals surface area contributed by atoms with Crippen LogP contribution in [0.25, 0.3) is 0 Å². The van der Waals surface area contributed by atoms with E-state index in [1.54, 1.807) is 28.0 Å². The molecule has 1 saturated heterocycles. The van der Waals surface area contributed by atoms with E-state index in [0.29, 0.717) is 56.5 Å². The van der Waals surface area contributed by atoms with Gasteiger partial charge in [0.25, 0.3) is 5.91 Å². The van der Waals surface area contributed by atoms with Crippen LogP contribution in [0.15, 0.2) is 53.5 Å². The Balaban J connectivity index is 1.48. The van der Waals surface area contributed by atoms with E-state index in [9.17, 15) is 14.0 Å². The van der Waals surface area contributed by atoms with Crippen LogP contribution in [0.1, 0.15) is 29.8 Å². The number of nitrogens with zero attached hydrogens (tertiary/aromatic N) is 4. The molecule has 1 fully saturated rings. The van der Waals surface area contributed by atoms with Crippen molar-refractivity contribution < 1.29 is 14.0 Å². The minimum Gasteiger partial charge on any atom is -0.368 e. The highest BCUT2D eigenvalue weighted by Gasteiger charge is 2.30. The van der Waals surface area contributed by atoms with Crippen LogP contribution < -0.4 is 4.90 Å². The maximum Gasteiger partial charge on any atom is 0.343 e. The molecule has 0 aromatic heterocycles. The van der Waals surface area contributed by atoms with Gasteiger partial charge in [0.15, 0.2) is 0 Å². The Morgan fingerprint density at radius 3 is 2.29 bits per heavy atom. The van der Waals surface area contributed by atoms with Crippen molar-refractivity contribution in [2.75, 3.05) is 44.2 Å². The Bertz CT molecular complexity index is 995. The Hall–Kier alpha value is -3.22. The summed E-state index contributed by atoms with van der Waals surface area (Å²) in [6, 6.07) is 13.5. The molecule has 7 heteroatoms. The summed E-state index contributed by atoms with van der Waals surface area (Å²) >= 11 is 0. The highest BCUT2D eigenvalue weighted by molar-refractivity contribution is 6.18. The number of hydrogen-bond donors (Lipinski definition) is 0. The van der Waals surface area contributed by atoms with E-state index >= 15 is 0 Å². The number of carbonyl (C=O) groups excluding carboxylic acids is 2. The second-order valence-corrected chi connectivity index (χ2v) is 8.42. The van der Waals surface area contributed by atoms with Gasteiger partial charge in [-0.25, -0.2) is 9.18 Å². The summed E-state index contributed by atoms with van der Waals surface area (Å²) in [5, 5.41) is 0. The van der Waals surface area contributed by atoms with Gasteiger partial charge in [0.2, 0.25) is 0 Å². The van der Waals surface area contributed by atoms with Gasteiger partial charge in [-0.2, -0.15) is 4.99 Å². The smallest absolute Gasteiger partial charge is 0.343 e. The molecule has 2 aromatic rings. The van der Waals surface area contributed by atoms with Crippen LogP contribution in [0.4, 0.5) is 14.9 Å². The molecule has 0 saturated carbocycles. The number of fused-ring (bicyclic) bond motifs is 1. The zero-order valence-electron chi connectivity index (χ0n) is 17.9. The van der Waals surface area contributed by atoms with Gasteiger partial charge >= 0.3 is 6.03 Å². The monoisotopic (exact) mass is 422 g/mol. The lowest BCUT2D eigenvalue weighted by Gasteiger charge is -2.35. The largest absolute Gasteiger partial charge is 0.368 e. The first kappa shape index (κ1) is 21.0. The van der Waals surface area contributed by atoms with Gasteiger partial charge in [-0.15, -0.1) is 0 Å². The van der Waals surface area contributed by atoms with Crippen molar-refractivity contribution in [3.8, 4) is 0 Å². The fraction of sp³-hybridized carbons (Fsp3) is 0.375. The minimum atomic E-state index is -0.276. The SMILES string of the molecule is CC(C)CN1CC(=NC(=O)N2CCN(c3ccc(F)cc3)CC2)c2ccccc2C1=O. The number of urea groups is 1. The van der Waals surface area contributed by atoms with Gasteiger partial charge in [-0.05, 0) is 36.2 Å². The van der Waals surface area contributed by atoms with Crippen molar-refractivity contribution in [3.63, 3.8) is 0 Å². The van der Waals surface area contributed by atoms with E-state index in [-0.39, 0.29) is 17.8 Å². The third-order valence-corrected chi connectivity index (χ3v) is 5.65. The normalized spacial score (nSPS) is 18.0. The molecule has 2 heterocycles. The molecule has 0 unspecified atom stereocenters. The number of halogens is 1. The van der Waals surface area contributed by atoms with Crippen molar-refractivity contribution in [2.45, 2.75) is 13.8 Å². The predicted octanol–water partition coefficient (Wildman–Crippen LogP) is 3.67. The molecule has 0 aliphatic carbocycles. The van der Waals surface area contributed by atoms with Gasteiger partial charge in [0.1, 0.15) is 5.82 Å². The molecule has 0 radical (unpaired) electrons. The number of rotatable bonds is 3. The molecular weight excluding hydrogens is 395 g/mol. The van der Waals surface area contributed by atoms with Gasteiger partial charge in [0.05, 0.1) is 12.3 Å². The first-order valence-electron chi connectivity index (χ1n) is 10.7. The van der Waals surface area contributed by atoms with Crippen molar-refractivity contribution in [1.29, 1.82) is 0 Å². The topological polar surface area (TPSA) is 56.2 Å². The van der Waals surface area contributed by atoms with Crippen LogP contribution >= 0.6 is 0 Å². The van der Waals surface area contributed by atoms with E-state index in [4.69, 9.17) is 0 Å². The van der Waals surface area contributed by atoms with Gasteiger partial charge in [-0.3, -0.25) is 4.79 Å². The number of benzene rings is 2. The summed E-state index contributed by atoms with van der Waals surface area (Å²) in [7, 11) is 0. The molecule has 0 atom stereocenters. The molecule has 0 spiro atoms. The number of piperazine rings is 1. The highest BCUT2D eigenvalue weighted by Crippen LogP contribution is 2.22. The molecule has 162 valence electrons. The fourth-order valence-electron chi connectivity index (χ4n) is 4.11. The fourth-order valence-corrected chi connectivity index (χ4v) is 4.11. The molecule has 2 aliphatic rings. The number of carbonyl (C=O) groups is 2. The molecule has 4 rings (SSSR count). The molecule has 31 heavy (non-hydrogen) atoms. The van der Waals surface area contributed by atoms with Crippen molar-refractivity contribution >= 4 is 23.3 Å². The summed E-state index contributed by atoms with van der Waals surface area (Å²) in [5.41, 5.74) is 2.93. The molecule has 0 bridgehead atoms. The number of aliphatic imine (C=N–C) groups is 1. The first-order valence-corrected chi connectivity index (χ1v) is 10.7. The number of amides is 3. The average molecular weight is 423 g/mol. The Morgan fingerprint density at radius 2 is 1.65 bits per heavy atom. The maximum atomic E-state index is 13.2. The minimum absolute atomic E-state index is 0.0105. The lowest BCUT2D eigenvalue weighted by molar-refractivity contribution is 0.0755. The Kier molecular flexibility index (Phi) is 6.02. The quantitative estimate of drug-likeness (QED) is 0.759. The summed E-state index contributed by atoms with van der Waals surface area (Å²) < 4.78 is 13.2. The number of anilines is 1. The zero-order valence-corrected chi connectivity index (χ0v) is 17.9. The summed E-state index contributed by atoms with van der Waals surface area (Å²) in [5.74, 6) is 0.0560. The zero-order chi connectivity index (χ0) is 22.0. The van der Waals surface area contributed by atoms with Crippen molar-refractivity contribution in [2.24, 2.45) is 10.9 Å². The van der Waals surface area contributed by atoms with Crippen LogP contribution in [-0.4, -0.2) is 66.7 Å². The van der Waals surface area contributed by atoms with Crippen LogP contribution in [-0.2, 0) is 0 Å². The van der Waals surface area contributed by atoms with E-state index in [0.717, 1.165) is 11.3 Å². The van der Waals surface area contributed by atoms with Crippen LogP contribution in [0.2, 0.25) is 0 Å². The van der Waals surface area contributed by atoms with Crippen LogP contribution in [0.5, 0.6) is 0 Å². The van der Waals surface area contributed by atoms with Gasteiger partial charge in [0, 0.05) is 49.5 Å². The Morgan fingerprint density at radius 1 is 1.00 bits per heavy atom. The molecule has 2 aliphatic heterocycles. The van der Waals surface area contributed by atoms with Gasteiger partial charge in [-0.1, -0.05) is 32.0 Å². The molecule has 2 aromatic carbocycles. The third kappa shape index (κ3) is 4.60. The molecule has 3 amide bonds. The Labute approximate surface area is 182 Å². The van der Waals surface area contributed by atoms with E-state index < -0.39 is 0 Å². The van der Waals surface area contributed by atoms with E-state index in [2.05, 4.69) is 23.7 Å². The van der Waals surface area contributed by atoms with E-state index in [1.807, 2.05) is 18.2 Å². The second kappa shape index (κ2) is 8.88.